The van der Waals surface area contributed by atoms with E-state index in [9.17, 15) is 18.8 Å². The maximum Gasteiger partial charge on any atom is 0.240 e. The van der Waals surface area contributed by atoms with Crippen molar-refractivity contribution in [3.8, 4) is 0 Å². The number of Topliss-reactive ketones (excluding diaryl/α,β-unsaturated/α-hetero) is 1. The van der Waals surface area contributed by atoms with Crippen molar-refractivity contribution < 1.29 is 18.8 Å². The van der Waals surface area contributed by atoms with E-state index in [1.807, 2.05) is 35.2 Å². The lowest BCUT2D eigenvalue weighted by atomic mass is 9.83. The van der Waals surface area contributed by atoms with E-state index in [4.69, 9.17) is 11.6 Å². The van der Waals surface area contributed by atoms with Crippen LogP contribution in [0.4, 0.5) is 10.1 Å². The minimum absolute atomic E-state index is 0.0872. The summed E-state index contributed by atoms with van der Waals surface area (Å²) in [7, 11) is 0. The molecule has 3 aliphatic rings. The summed E-state index contributed by atoms with van der Waals surface area (Å²) in [6.07, 6.45) is 3.68. The van der Waals surface area contributed by atoms with Crippen LogP contribution in [0, 0.1) is 17.7 Å². The summed E-state index contributed by atoms with van der Waals surface area (Å²) in [5.41, 5.74) is 2.09. The standard InChI is InChI=1S/C27H18ClFN2O3/c28-17-11-9-16(10-12-17)25(32)24-22-21(23-18-6-2-1-5-15(18)13-14-30(23)24)26(33)31(27(22)34)20-8-4-3-7-19(20)29/h1-14,21-24H/t21-,22+,23?,24-/m1/s1. The van der Waals surface area contributed by atoms with Crippen LogP contribution < -0.4 is 4.90 Å². The third-order valence-electron chi connectivity index (χ3n) is 6.95. The van der Waals surface area contributed by atoms with Gasteiger partial charge in [0.15, 0.2) is 5.78 Å². The second-order valence-electron chi connectivity index (χ2n) is 8.67. The molecule has 3 aromatic carbocycles. The lowest BCUT2D eigenvalue weighted by Crippen LogP contribution is -2.44. The molecule has 3 heterocycles. The van der Waals surface area contributed by atoms with Gasteiger partial charge in [-0.2, -0.15) is 0 Å². The molecule has 2 amide bonds. The fourth-order valence-corrected chi connectivity index (χ4v) is 5.64. The van der Waals surface area contributed by atoms with Gasteiger partial charge >= 0.3 is 0 Å². The van der Waals surface area contributed by atoms with Crippen LogP contribution in [0.2, 0.25) is 5.02 Å². The molecular formula is C27H18ClFN2O3. The fourth-order valence-electron chi connectivity index (χ4n) is 5.51. The number of imide groups is 1. The van der Waals surface area contributed by atoms with Crippen molar-refractivity contribution in [1.29, 1.82) is 0 Å². The van der Waals surface area contributed by atoms with Crippen LogP contribution in [-0.2, 0) is 9.59 Å². The molecule has 1 unspecified atom stereocenters. The van der Waals surface area contributed by atoms with E-state index in [-0.39, 0.29) is 11.5 Å². The number of benzene rings is 3. The number of anilines is 1. The first kappa shape index (κ1) is 20.8. The molecule has 5 nitrogen and oxygen atoms in total. The maximum atomic E-state index is 14.6. The Balaban J connectivity index is 1.51. The Morgan fingerprint density at radius 3 is 2.29 bits per heavy atom. The largest absolute Gasteiger partial charge is 0.358 e. The zero-order valence-corrected chi connectivity index (χ0v) is 18.5. The summed E-state index contributed by atoms with van der Waals surface area (Å²) < 4.78 is 14.6. The van der Waals surface area contributed by atoms with Crippen molar-refractivity contribution in [2.45, 2.75) is 12.1 Å². The number of nitrogens with zero attached hydrogens (tertiary/aromatic N) is 2. The van der Waals surface area contributed by atoms with Gasteiger partial charge in [-0.15, -0.1) is 0 Å². The van der Waals surface area contributed by atoms with Crippen molar-refractivity contribution in [1.82, 2.24) is 4.90 Å². The summed E-state index contributed by atoms with van der Waals surface area (Å²) in [5, 5.41) is 0.489. The molecule has 168 valence electrons. The van der Waals surface area contributed by atoms with E-state index >= 15 is 0 Å². The molecule has 0 aliphatic carbocycles. The van der Waals surface area contributed by atoms with E-state index in [1.165, 1.54) is 18.2 Å². The fraction of sp³-hybridized carbons (Fsp3) is 0.148. The van der Waals surface area contributed by atoms with Crippen molar-refractivity contribution >= 4 is 41.0 Å². The van der Waals surface area contributed by atoms with Crippen molar-refractivity contribution in [3.05, 3.63) is 107 Å². The average molecular weight is 473 g/mol. The van der Waals surface area contributed by atoms with Crippen LogP contribution in [0.3, 0.4) is 0 Å². The number of carbonyl (C=O) groups excluding carboxylic acids is 3. The average Bonchev–Trinajstić information content (AvgIpc) is 3.32. The number of carbonyl (C=O) groups is 3. The minimum atomic E-state index is -0.948. The Morgan fingerprint density at radius 1 is 0.853 bits per heavy atom. The highest BCUT2D eigenvalue weighted by Gasteiger charge is 2.64. The number of fused-ring (bicyclic) bond motifs is 5. The number of rotatable bonds is 3. The molecule has 34 heavy (non-hydrogen) atoms. The summed E-state index contributed by atoms with van der Waals surface area (Å²) >= 11 is 6.00. The number of halogens is 2. The topological polar surface area (TPSA) is 57.7 Å². The van der Waals surface area contributed by atoms with E-state index in [0.717, 1.165) is 16.0 Å². The van der Waals surface area contributed by atoms with Crippen molar-refractivity contribution in [2.24, 2.45) is 11.8 Å². The number of para-hydroxylation sites is 1. The second kappa shape index (κ2) is 7.64. The Kier molecular flexibility index (Phi) is 4.67. The quantitative estimate of drug-likeness (QED) is 0.403. The molecule has 0 N–H and O–H groups in total. The maximum absolute atomic E-state index is 14.6. The molecule has 0 aromatic heterocycles. The van der Waals surface area contributed by atoms with Crippen molar-refractivity contribution in [3.63, 3.8) is 0 Å². The minimum Gasteiger partial charge on any atom is -0.358 e. The third kappa shape index (κ3) is 2.88. The first-order valence-electron chi connectivity index (χ1n) is 10.9. The van der Waals surface area contributed by atoms with E-state index in [0.29, 0.717) is 10.6 Å². The predicted octanol–water partition coefficient (Wildman–Crippen LogP) is 4.88. The zero-order chi connectivity index (χ0) is 23.6. The van der Waals surface area contributed by atoms with Gasteiger partial charge in [0.25, 0.3) is 0 Å². The number of amides is 2. The van der Waals surface area contributed by atoms with Crippen LogP contribution in [0.15, 0.2) is 79.0 Å². The summed E-state index contributed by atoms with van der Waals surface area (Å²) in [4.78, 5) is 43.9. The molecule has 7 heteroatoms. The lowest BCUT2D eigenvalue weighted by molar-refractivity contribution is -0.123. The Labute approximate surface area is 200 Å². The lowest BCUT2D eigenvalue weighted by Gasteiger charge is -2.35. The Hall–Kier alpha value is -3.77. The molecule has 2 saturated heterocycles. The van der Waals surface area contributed by atoms with Crippen LogP contribution in [0.5, 0.6) is 0 Å². The first-order valence-corrected chi connectivity index (χ1v) is 11.3. The molecule has 3 aliphatic heterocycles. The van der Waals surface area contributed by atoms with E-state index in [1.54, 1.807) is 36.5 Å². The number of hydrogen-bond donors (Lipinski definition) is 0. The highest BCUT2D eigenvalue weighted by atomic mass is 35.5. The zero-order valence-electron chi connectivity index (χ0n) is 17.8. The molecule has 3 aromatic rings. The van der Waals surface area contributed by atoms with Crippen LogP contribution in [0.1, 0.15) is 27.5 Å². The van der Waals surface area contributed by atoms with Crippen LogP contribution in [0.25, 0.3) is 6.08 Å². The normalized spacial score (nSPS) is 24.8. The molecule has 0 bridgehead atoms. The van der Waals surface area contributed by atoms with Crippen LogP contribution >= 0.6 is 11.6 Å². The Bertz CT molecular complexity index is 1390. The monoisotopic (exact) mass is 472 g/mol. The van der Waals surface area contributed by atoms with Gasteiger partial charge < -0.3 is 4.90 Å². The summed E-state index contributed by atoms with van der Waals surface area (Å²) in [5.74, 6) is -3.77. The number of ketones is 1. The SMILES string of the molecule is O=C(c1ccc(Cl)cc1)[C@H]1[C@H]2C(=O)N(c3ccccc3F)C(=O)[C@H]2C2c3ccccc3C=CN21. The van der Waals surface area contributed by atoms with E-state index < -0.39 is 41.6 Å². The molecule has 0 spiro atoms. The molecule has 2 fully saturated rings. The highest BCUT2D eigenvalue weighted by molar-refractivity contribution is 6.30. The highest BCUT2D eigenvalue weighted by Crippen LogP contribution is 2.53. The van der Waals surface area contributed by atoms with Gasteiger partial charge in [0.2, 0.25) is 11.8 Å². The van der Waals surface area contributed by atoms with Gasteiger partial charge in [0.05, 0.1) is 23.6 Å². The third-order valence-corrected chi connectivity index (χ3v) is 7.20. The smallest absolute Gasteiger partial charge is 0.240 e. The predicted molar refractivity (Wildman–Crippen MR) is 125 cm³/mol. The van der Waals surface area contributed by atoms with Gasteiger partial charge in [-0.1, -0.05) is 48.0 Å². The van der Waals surface area contributed by atoms with Gasteiger partial charge in [0, 0.05) is 16.8 Å². The summed E-state index contributed by atoms with van der Waals surface area (Å²) in [6.45, 7) is 0. The molecule has 4 atom stereocenters. The van der Waals surface area contributed by atoms with E-state index in [2.05, 4.69) is 0 Å². The van der Waals surface area contributed by atoms with Gasteiger partial charge in [-0.05, 0) is 53.6 Å². The van der Waals surface area contributed by atoms with Crippen LogP contribution in [-0.4, -0.2) is 28.5 Å². The molecule has 6 rings (SSSR count). The summed E-state index contributed by atoms with van der Waals surface area (Å²) in [6, 6.07) is 18.4. The first-order chi connectivity index (χ1) is 16.5. The number of hydrogen-bond acceptors (Lipinski definition) is 4. The molecular weight excluding hydrogens is 455 g/mol. The Morgan fingerprint density at radius 2 is 1.53 bits per heavy atom. The second-order valence-corrected chi connectivity index (χ2v) is 9.10. The molecule has 0 saturated carbocycles. The van der Waals surface area contributed by atoms with Gasteiger partial charge in [-0.25, -0.2) is 9.29 Å². The van der Waals surface area contributed by atoms with Gasteiger partial charge in [0.1, 0.15) is 11.9 Å². The van der Waals surface area contributed by atoms with Gasteiger partial charge in [-0.3, -0.25) is 14.4 Å². The molecule has 0 radical (unpaired) electrons. The van der Waals surface area contributed by atoms with Crippen molar-refractivity contribution in [2.75, 3.05) is 4.90 Å².